The van der Waals surface area contributed by atoms with E-state index in [-0.39, 0.29) is 11.9 Å². The molecule has 1 unspecified atom stereocenters. The maximum Gasteiger partial charge on any atom is 0.124 e. The summed E-state index contributed by atoms with van der Waals surface area (Å²) < 4.78 is 23.0. The van der Waals surface area contributed by atoms with Crippen molar-refractivity contribution in [3.8, 4) is 0 Å². The molecule has 0 aromatic heterocycles. The fourth-order valence-corrected chi connectivity index (χ4v) is 1.66. The summed E-state index contributed by atoms with van der Waals surface area (Å²) in [6.45, 7) is 1.75. The minimum absolute atomic E-state index is 0.000719. The summed E-state index contributed by atoms with van der Waals surface area (Å²) in [5.41, 5.74) is 0.861. The first-order valence-electron chi connectivity index (χ1n) is 5.33. The highest BCUT2D eigenvalue weighted by atomic mass is 35.5. The molecule has 1 atom stereocenters. The average molecular weight is 262 g/mol. The maximum atomic E-state index is 12.8. The molecule has 0 aliphatic carbocycles. The summed E-state index contributed by atoms with van der Waals surface area (Å²) in [7, 11) is 3.26. The van der Waals surface area contributed by atoms with E-state index in [0.717, 1.165) is 5.56 Å². The number of hydrogen-bond acceptors (Lipinski definition) is 3. The van der Waals surface area contributed by atoms with E-state index in [9.17, 15) is 4.39 Å². The Kier molecular flexibility index (Phi) is 6.44. The molecule has 1 rings (SSSR count). The van der Waals surface area contributed by atoms with Gasteiger partial charge in [0.15, 0.2) is 0 Å². The van der Waals surface area contributed by atoms with Crippen molar-refractivity contribution in [2.75, 3.05) is 27.4 Å². The Morgan fingerprint density at radius 1 is 1.41 bits per heavy atom. The molecule has 0 amide bonds. The number of nitrogens with one attached hydrogen (secondary N) is 1. The van der Waals surface area contributed by atoms with E-state index in [0.29, 0.717) is 24.7 Å². The van der Waals surface area contributed by atoms with Gasteiger partial charge in [-0.05, 0) is 17.7 Å². The van der Waals surface area contributed by atoms with Gasteiger partial charge in [-0.3, -0.25) is 0 Å². The Balaban J connectivity index is 2.39. The van der Waals surface area contributed by atoms with Gasteiger partial charge in [0.05, 0.1) is 12.7 Å². The molecule has 1 aromatic rings. The molecule has 0 fully saturated rings. The van der Waals surface area contributed by atoms with Crippen molar-refractivity contribution in [2.24, 2.45) is 0 Å². The first-order valence-corrected chi connectivity index (χ1v) is 5.71. The van der Waals surface area contributed by atoms with Crippen molar-refractivity contribution >= 4 is 11.6 Å². The minimum Gasteiger partial charge on any atom is -0.382 e. The van der Waals surface area contributed by atoms with Crippen molar-refractivity contribution in [1.29, 1.82) is 0 Å². The quantitative estimate of drug-likeness (QED) is 0.817. The molecular formula is C12H17ClFNO2. The third-order valence-corrected chi connectivity index (χ3v) is 2.74. The lowest BCUT2D eigenvalue weighted by atomic mass is 10.2. The van der Waals surface area contributed by atoms with Crippen LogP contribution in [0.2, 0.25) is 5.02 Å². The molecule has 1 N–H and O–H groups in total. The Morgan fingerprint density at radius 2 is 2.18 bits per heavy atom. The van der Waals surface area contributed by atoms with Crippen LogP contribution in [0.5, 0.6) is 0 Å². The van der Waals surface area contributed by atoms with Gasteiger partial charge in [0.2, 0.25) is 0 Å². The highest BCUT2D eigenvalue weighted by molar-refractivity contribution is 6.31. The monoisotopic (exact) mass is 261 g/mol. The number of ether oxygens (including phenoxy) is 2. The highest BCUT2D eigenvalue weighted by Crippen LogP contribution is 2.16. The second-order valence-electron chi connectivity index (χ2n) is 3.68. The van der Waals surface area contributed by atoms with E-state index in [1.807, 2.05) is 0 Å². The van der Waals surface area contributed by atoms with Gasteiger partial charge in [-0.1, -0.05) is 17.7 Å². The fourth-order valence-electron chi connectivity index (χ4n) is 1.43. The molecule has 96 valence electrons. The van der Waals surface area contributed by atoms with Gasteiger partial charge in [-0.2, -0.15) is 0 Å². The molecule has 1 aromatic carbocycles. The second kappa shape index (κ2) is 7.61. The van der Waals surface area contributed by atoms with Crippen LogP contribution in [-0.2, 0) is 16.0 Å². The molecule has 0 aliphatic heterocycles. The molecule has 0 radical (unpaired) electrons. The lowest BCUT2D eigenvalue weighted by Crippen LogP contribution is -2.31. The van der Waals surface area contributed by atoms with Crippen LogP contribution in [0, 0.1) is 5.82 Å². The zero-order valence-electron chi connectivity index (χ0n) is 10.0. The number of benzene rings is 1. The number of rotatable bonds is 7. The largest absolute Gasteiger partial charge is 0.382 e. The van der Waals surface area contributed by atoms with Crippen LogP contribution in [-0.4, -0.2) is 33.5 Å². The van der Waals surface area contributed by atoms with E-state index >= 15 is 0 Å². The topological polar surface area (TPSA) is 30.5 Å². The second-order valence-corrected chi connectivity index (χ2v) is 4.09. The van der Waals surface area contributed by atoms with E-state index in [1.165, 1.54) is 12.1 Å². The highest BCUT2D eigenvalue weighted by Gasteiger charge is 2.07. The van der Waals surface area contributed by atoms with Gasteiger partial charge >= 0.3 is 0 Å². The van der Waals surface area contributed by atoms with Crippen LogP contribution >= 0.6 is 11.6 Å². The molecular weight excluding hydrogens is 245 g/mol. The van der Waals surface area contributed by atoms with E-state index in [4.69, 9.17) is 21.1 Å². The molecule has 0 spiro atoms. The Bertz CT molecular complexity index is 349. The Hall–Kier alpha value is -0.680. The Labute approximate surface area is 106 Å². The normalized spacial score (nSPS) is 12.7. The van der Waals surface area contributed by atoms with Crippen LogP contribution in [0.15, 0.2) is 18.2 Å². The van der Waals surface area contributed by atoms with Crippen LogP contribution in [0.25, 0.3) is 0 Å². The van der Waals surface area contributed by atoms with Crippen molar-refractivity contribution in [3.63, 3.8) is 0 Å². The van der Waals surface area contributed by atoms with E-state index < -0.39 is 0 Å². The summed E-state index contributed by atoms with van der Waals surface area (Å²) >= 11 is 5.90. The van der Waals surface area contributed by atoms with Crippen molar-refractivity contribution in [1.82, 2.24) is 5.32 Å². The summed E-state index contributed by atoms with van der Waals surface area (Å²) in [6.07, 6.45) is -0.000719. The first kappa shape index (κ1) is 14.4. The van der Waals surface area contributed by atoms with Gasteiger partial charge in [0, 0.05) is 32.3 Å². The summed E-state index contributed by atoms with van der Waals surface area (Å²) in [6, 6.07) is 4.37. The van der Waals surface area contributed by atoms with Crippen LogP contribution < -0.4 is 5.32 Å². The van der Waals surface area contributed by atoms with Crippen molar-refractivity contribution in [3.05, 3.63) is 34.6 Å². The third kappa shape index (κ3) is 5.00. The molecule has 0 heterocycles. The molecule has 0 saturated heterocycles. The zero-order valence-corrected chi connectivity index (χ0v) is 10.8. The maximum absolute atomic E-state index is 12.8. The van der Waals surface area contributed by atoms with Gasteiger partial charge in [0.25, 0.3) is 0 Å². The van der Waals surface area contributed by atoms with E-state index in [2.05, 4.69) is 5.32 Å². The summed E-state index contributed by atoms with van der Waals surface area (Å²) in [4.78, 5) is 0. The standard InChI is InChI=1S/C12H17ClFNO2/c1-16-8-11(17-2)7-15-6-9-3-4-10(14)5-12(9)13/h3-5,11,15H,6-8H2,1-2H3. The van der Waals surface area contributed by atoms with Crippen LogP contribution in [0.1, 0.15) is 5.56 Å². The van der Waals surface area contributed by atoms with Gasteiger partial charge in [0.1, 0.15) is 5.82 Å². The lowest BCUT2D eigenvalue weighted by molar-refractivity contribution is 0.0288. The molecule has 17 heavy (non-hydrogen) atoms. The molecule has 5 heteroatoms. The molecule has 0 aliphatic rings. The molecule has 3 nitrogen and oxygen atoms in total. The van der Waals surface area contributed by atoms with Gasteiger partial charge < -0.3 is 14.8 Å². The SMILES string of the molecule is COCC(CNCc1ccc(F)cc1Cl)OC. The van der Waals surface area contributed by atoms with Crippen LogP contribution in [0.4, 0.5) is 4.39 Å². The average Bonchev–Trinajstić information content (AvgIpc) is 2.30. The number of methoxy groups -OCH3 is 2. The van der Waals surface area contributed by atoms with E-state index in [1.54, 1.807) is 20.3 Å². The summed E-state index contributed by atoms with van der Waals surface area (Å²) in [5, 5.41) is 3.61. The summed E-state index contributed by atoms with van der Waals surface area (Å²) in [5.74, 6) is -0.326. The zero-order chi connectivity index (χ0) is 12.7. The predicted octanol–water partition coefficient (Wildman–Crippen LogP) is 2.23. The molecule has 0 bridgehead atoms. The van der Waals surface area contributed by atoms with Crippen molar-refractivity contribution in [2.45, 2.75) is 12.6 Å². The lowest BCUT2D eigenvalue weighted by Gasteiger charge is -2.15. The predicted molar refractivity (Wildman–Crippen MR) is 65.8 cm³/mol. The third-order valence-electron chi connectivity index (χ3n) is 2.39. The molecule has 0 saturated carbocycles. The Morgan fingerprint density at radius 3 is 2.76 bits per heavy atom. The number of halogens is 2. The minimum atomic E-state index is -0.326. The fraction of sp³-hybridized carbons (Fsp3) is 0.500. The first-order chi connectivity index (χ1) is 8.17. The van der Waals surface area contributed by atoms with Gasteiger partial charge in [-0.15, -0.1) is 0 Å². The smallest absolute Gasteiger partial charge is 0.124 e. The van der Waals surface area contributed by atoms with Crippen molar-refractivity contribution < 1.29 is 13.9 Å². The number of hydrogen-bond donors (Lipinski definition) is 1. The van der Waals surface area contributed by atoms with Crippen LogP contribution in [0.3, 0.4) is 0 Å². The van der Waals surface area contributed by atoms with Gasteiger partial charge in [-0.25, -0.2) is 4.39 Å².